The Bertz CT molecular complexity index is 1160. The number of oxazole rings is 1. The summed E-state index contributed by atoms with van der Waals surface area (Å²) in [5, 5.41) is 7.24. The van der Waals surface area contributed by atoms with Gasteiger partial charge in [-0.3, -0.25) is 19.0 Å². The van der Waals surface area contributed by atoms with Gasteiger partial charge in [0.15, 0.2) is 5.58 Å². The number of aromatic nitrogens is 4. The monoisotopic (exact) mass is 363 g/mol. The average Bonchev–Trinajstić information content (AvgIpc) is 3.21. The first kappa shape index (κ1) is 16.8. The minimum absolute atomic E-state index is 0.110. The van der Waals surface area contributed by atoms with Gasteiger partial charge in [-0.15, -0.1) is 0 Å². The molecular weight excluding hydrogens is 346 g/mol. The van der Waals surface area contributed by atoms with Crippen LogP contribution in [-0.4, -0.2) is 25.2 Å². The topological polar surface area (TPSA) is 95.0 Å². The van der Waals surface area contributed by atoms with E-state index in [4.69, 9.17) is 4.42 Å². The van der Waals surface area contributed by atoms with Crippen LogP contribution in [0.2, 0.25) is 0 Å². The van der Waals surface area contributed by atoms with Gasteiger partial charge in [0, 0.05) is 13.2 Å². The van der Waals surface area contributed by atoms with Gasteiger partial charge in [-0.25, -0.2) is 4.79 Å². The summed E-state index contributed by atoms with van der Waals surface area (Å²) in [6.07, 6.45) is 1.71. The molecule has 8 heteroatoms. The molecule has 1 amide bonds. The fourth-order valence-corrected chi connectivity index (χ4v) is 2.86. The first-order chi connectivity index (χ1) is 13.1. The van der Waals surface area contributed by atoms with Gasteiger partial charge in [-0.1, -0.05) is 18.2 Å². The Morgan fingerprint density at radius 2 is 1.96 bits per heavy atom. The molecule has 4 aromatic rings. The lowest BCUT2D eigenvalue weighted by Gasteiger charge is -2.06. The van der Waals surface area contributed by atoms with Crippen molar-refractivity contribution < 1.29 is 9.21 Å². The van der Waals surface area contributed by atoms with Crippen molar-refractivity contribution in [2.24, 2.45) is 7.05 Å². The third-order valence-corrected chi connectivity index (χ3v) is 4.25. The van der Waals surface area contributed by atoms with Gasteiger partial charge in [0.25, 0.3) is 0 Å². The number of pyridine rings is 1. The van der Waals surface area contributed by atoms with E-state index in [-0.39, 0.29) is 12.5 Å². The van der Waals surface area contributed by atoms with Crippen molar-refractivity contribution in [3.05, 3.63) is 71.0 Å². The number of nitrogens with one attached hydrogen (secondary N) is 1. The molecule has 0 aliphatic rings. The van der Waals surface area contributed by atoms with E-state index in [0.717, 1.165) is 17.1 Å². The lowest BCUT2D eigenvalue weighted by atomic mass is 10.2. The van der Waals surface area contributed by atoms with Crippen LogP contribution in [0.4, 0.5) is 0 Å². The molecule has 1 aromatic carbocycles. The van der Waals surface area contributed by atoms with Crippen LogP contribution < -0.4 is 11.1 Å². The maximum absolute atomic E-state index is 12.3. The normalized spacial score (nSPS) is 11.0. The van der Waals surface area contributed by atoms with Gasteiger partial charge in [-0.05, 0) is 30.3 Å². The van der Waals surface area contributed by atoms with E-state index in [2.05, 4.69) is 15.4 Å². The van der Waals surface area contributed by atoms with E-state index in [9.17, 15) is 9.59 Å². The summed E-state index contributed by atoms with van der Waals surface area (Å²) >= 11 is 0. The number of benzene rings is 1. The smallest absolute Gasteiger partial charge is 0.408 e. The van der Waals surface area contributed by atoms with Gasteiger partial charge in [0.05, 0.1) is 23.4 Å². The third-order valence-electron chi connectivity index (χ3n) is 4.25. The average molecular weight is 363 g/mol. The first-order valence-electron chi connectivity index (χ1n) is 8.41. The van der Waals surface area contributed by atoms with Crippen LogP contribution in [0.5, 0.6) is 0 Å². The molecule has 4 rings (SSSR count). The lowest BCUT2D eigenvalue weighted by molar-refractivity contribution is -0.121. The number of fused-ring (bicyclic) bond motifs is 1. The van der Waals surface area contributed by atoms with Gasteiger partial charge in [-0.2, -0.15) is 5.10 Å². The van der Waals surface area contributed by atoms with Crippen molar-refractivity contribution in [2.75, 3.05) is 0 Å². The fraction of sp³-hybridized carbons (Fsp3) is 0.158. The zero-order valence-corrected chi connectivity index (χ0v) is 14.6. The number of aryl methyl sites for hydroxylation is 1. The first-order valence-corrected chi connectivity index (χ1v) is 8.41. The van der Waals surface area contributed by atoms with Crippen molar-refractivity contribution >= 4 is 17.0 Å². The molecule has 3 aromatic heterocycles. The Hall–Kier alpha value is -3.68. The molecule has 0 aliphatic heterocycles. The highest BCUT2D eigenvalue weighted by Crippen LogP contribution is 2.16. The van der Waals surface area contributed by atoms with E-state index < -0.39 is 5.76 Å². The number of amides is 1. The number of hydrogen-bond donors (Lipinski definition) is 1. The Kier molecular flexibility index (Phi) is 4.29. The number of carbonyl (C=O) groups is 1. The van der Waals surface area contributed by atoms with Crippen molar-refractivity contribution in [3.63, 3.8) is 0 Å². The number of para-hydroxylation sites is 2. The molecule has 0 aliphatic carbocycles. The van der Waals surface area contributed by atoms with Crippen molar-refractivity contribution in [1.29, 1.82) is 0 Å². The van der Waals surface area contributed by atoms with Crippen LogP contribution in [0.3, 0.4) is 0 Å². The molecule has 0 spiro atoms. The molecule has 136 valence electrons. The quantitative estimate of drug-likeness (QED) is 0.582. The maximum atomic E-state index is 12.3. The van der Waals surface area contributed by atoms with E-state index in [1.165, 1.54) is 4.57 Å². The van der Waals surface area contributed by atoms with E-state index in [1.807, 2.05) is 31.3 Å². The SMILES string of the molecule is Cn1nc(-c2ccccn2)cc1CNC(=O)Cn1c(=O)oc2ccccc21. The molecule has 0 saturated heterocycles. The van der Waals surface area contributed by atoms with Gasteiger partial charge in [0.1, 0.15) is 12.2 Å². The molecule has 8 nitrogen and oxygen atoms in total. The highest BCUT2D eigenvalue weighted by atomic mass is 16.4. The summed E-state index contributed by atoms with van der Waals surface area (Å²) in [7, 11) is 1.81. The molecular formula is C19H17N5O3. The summed E-state index contributed by atoms with van der Waals surface area (Å²) in [5.41, 5.74) is 3.38. The molecule has 0 radical (unpaired) electrons. The third kappa shape index (κ3) is 3.37. The van der Waals surface area contributed by atoms with Crippen LogP contribution in [0.25, 0.3) is 22.5 Å². The zero-order valence-electron chi connectivity index (χ0n) is 14.6. The Labute approximate surface area is 154 Å². The van der Waals surface area contributed by atoms with Crippen molar-refractivity contribution in [1.82, 2.24) is 24.6 Å². The Morgan fingerprint density at radius 1 is 1.15 bits per heavy atom. The van der Waals surface area contributed by atoms with Gasteiger partial charge in [0.2, 0.25) is 5.91 Å². The molecule has 27 heavy (non-hydrogen) atoms. The lowest BCUT2D eigenvalue weighted by Crippen LogP contribution is -2.30. The summed E-state index contributed by atoms with van der Waals surface area (Å²) < 4.78 is 8.15. The Morgan fingerprint density at radius 3 is 2.78 bits per heavy atom. The second kappa shape index (κ2) is 6.91. The van der Waals surface area contributed by atoms with Gasteiger partial charge < -0.3 is 9.73 Å². The second-order valence-electron chi connectivity index (χ2n) is 6.06. The summed E-state index contributed by atoms with van der Waals surface area (Å²) in [6, 6.07) is 14.5. The van der Waals surface area contributed by atoms with Crippen LogP contribution in [0, 0.1) is 0 Å². The number of nitrogens with zero attached hydrogens (tertiary/aromatic N) is 4. The number of carbonyl (C=O) groups excluding carboxylic acids is 1. The second-order valence-corrected chi connectivity index (χ2v) is 6.06. The molecule has 0 unspecified atom stereocenters. The van der Waals surface area contributed by atoms with Crippen molar-refractivity contribution in [2.45, 2.75) is 13.1 Å². The summed E-state index contributed by atoms with van der Waals surface area (Å²) in [4.78, 5) is 28.5. The fourth-order valence-electron chi connectivity index (χ4n) is 2.86. The predicted octanol–water partition coefficient (Wildman–Crippen LogP) is 1.71. The number of hydrogen-bond acceptors (Lipinski definition) is 5. The predicted molar refractivity (Wildman–Crippen MR) is 98.8 cm³/mol. The standard InChI is InChI=1S/C19H17N5O3/c1-23-13(10-15(22-23)14-6-4-5-9-20-14)11-21-18(25)12-24-16-7-2-3-8-17(16)27-19(24)26/h2-10H,11-12H2,1H3,(H,21,25). The molecule has 0 atom stereocenters. The molecule has 0 saturated carbocycles. The summed E-state index contributed by atoms with van der Waals surface area (Å²) in [5.74, 6) is -0.839. The molecule has 0 bridgehead atoms. The van der Waals surface area contributed by atoms with Gasteiger partial charge >= 0.3 is 5.76 Å². The van der Waals surface area contributed by atoms with Crippen molar-refractivity contribution in [3.8, 4) is 11.4 Å². The van der Waals surface area contributed by atoms with Crippen LogP contribution in [-0.2, 0) is 24.9 Å². The van der Waals surface area contributed by atoms with E-state index >= 15 is 0 Å². The Balaban J connectivity index is 1.46. The molecule has 3 heterocycles. The van der Waals surface area contributed by atoms with E-state index in [0.29, 0.717) is 17.6 Å². The minimum Gasteiger partial charge on any atom is -0.408 e. The van der Waals surface area contributed by atoms with E-state index in [1.54, 1.807) is 35.1 Å². The largest absolute Gasteiger partial charge is 0.420 e. The minimum atomic E-state index is -0.552. The zero-order chi connectivity index (χ0) is 18.8. The highest BCUT2D eigenvalue weighted by molar-refractivity contribution is 5.79. The maximum Gasteiger partial charge on any atom is 0.420 e. The summed E-state index contributed by atoms with van der Waals surface area (Å²) in [6.45, 7) is 0.181. The highest BCUT2D eigenvalue weighted by Gasteiger charge is 2.13. The molecule has 0 fully saturated rings. The number of rotatable bonds is 5. The van der Waals surface area contributed by atoms with Crippen LogP contribution >= 0.6 is 0 Å². The van der Waals surface area contributed by atoms with Crippen LogP contribution in [0.1, 0.15) is 5.69 Å². The molecule has 1 N–H and O–H groups in total. The van der Waals surface area contributed by atoms with Crippen LogP contribution in [0.15, 0.2) is 63.9 Å².